The molecule has 21 heavy (non-hydrogen) atoms. The standard InChI is InChI=1S/C14H18F2O5/c1-7(8(2)13(18)19)12(17)9-4-5-10(20-3)11(6-9)21-14(15)16/h4-8,12,14,17H,1-3H3,(H,18,19). The molecule has 1 aromatic carbocycles. The Labute approximate surface area is 121 Å². The van der Waals surface area contributed by atoms with Gasteiger partial charge in [0.15, 0.2) is 11.5 Å². The lowest BCUT2D eigenvalue weighted by Gasteiger charge is -2.23. The second kappa shape index (κ2) is 7.21. The Morgan fingerprint density at radius 1 is 1.24 bits per heavy atom. The van der Waals surface area contributed by atoms with Gasteiger partial charge in [-0.15, -0.1) is 0 Å². The molecule has 0 aliphatic rings. The lowest BCUT2D eigenvalue weighted by molar-refractivity contribution is -0.144. The maximum absolute atomic E-state index is 12.3. The van der Waals surface area contributed by atoms with Crippen LogP contribution in [0.5, 0.6) is 11.5 Å². The van der Waals surface area contributed by atoms with Crippen molar-refractivity contribution in [1.82, 2.24) is 0 Å². The summed E-state index contributed by atoms with van der Waals surface area (Å²) in [6, 6.07) is 4.09. The fourth-order valence-corrected chi connectivity index (χ4v) is 1.87. The highest BCUT2D eigenvalue weighted by Gasteiger charge is 2.28. The van der Waals surface area contributed by atoms with Crippen LogP contribution in [-0.4, -0.2) is 29.9 Å². The van der Waals surface area contributed by atoms with Crippen molar-refractivity contribution in [2.24, 2.45) is 11.8 Å². The van der Waals surface area contributed by atoms with Gasteiger partial charge in [-0.05, 0) is 23.6 Å². The summed E-state index contributed by atoms with van der Waals surface area (Å²) in [6.45, 7) is 0.0131. The average Bonchev–Trinajstić information content (AvgIpc) is 2.44. The topological polar surface area (TPSA) is 76.0 Å². The molecule has 0 fully saturated rings. The van der Waals surface area contributed by atoms with E-state index in [2.05, 4.69) is 4.74 Å². The summed E-state index contributed by atoms with van der Waals surface area (Å²) in [6.07, 6.45) is -1.12. The summed E-state index contributed by atoms with van der Waals surface area (Å²) in [5, 5.41) is 19.1. The van der Waals surface area contributed by atoms with Gasteiger partial charge in [0.05, 0.1) is 19.1 Å². The Morgan fingerprint density at radius 3 is 2.33 bits per heavy atom. The molecule has 0 aliphatic heterocycles. The maximum Gasteiger partial charge on any atom is 0.387 e. The van der Waals surface area contributed by atoms with Gasteiger partial charge in [0.25, 0.3) is 0 Å². The molecule has 0 heterocycles. The number of hydrogen-bond donors (Lipinski definition) is 2. The molecule has 0 aliphatic carbocycles. The molecule has 2 N–H and O–H groups in total. The fourth-order valence-electron chi connectivity index (χ4n) is 1.87. The first-order chi connectivity index (χ1) is 9.77. The number of carbonyl (C=O) groups is 1. The largest absolute Gasteiger partial charge is 0.493 e. The van der Waals surface area contributed by atoms with Crippen LogP contribution < -0.4 is 9.47 Å². The molecule has 0 amide bonds. The third-order valence-corrected chi connectivity index (χ3v) is 3.42. The first-order valence-electron chi connectivity index (χ1n) is 6.31. The van der Waals surface area contributed by atoms with E-state index in [1.807, 2.05) is 0 Å². The van der Waals surface area contributed by atoms with Gasteiger partial charge in [-0.1, -0.05) is 19.9 Å². The smallest absolute Gasteiger partial charge is 0.387 e. The average molecular weight is 304 g/mol. The van der Waals surface area contributed by atoms with Crippen molar-refractivity contribution in [3.63, 3.8) is 0 Å². The van der Waals surface area contributed by atoms with E-state index in [-0.39, 0.29) is 17.1 Å². The molecule has 0 bridgehead atoms. The van der Waals surface area contributed by atoms with Gasteiger partial charge in [-0.3, -0.25) is 4.79 Å². The summed E-state index contributed by atoms with van der Waals surface area (Å²) in [7, 11) is 1.30. The van der Waals surface area contributed by atoms with Crippen LogP contribution in [-0.2, 0) is 4.79 Å². The zero-order chi connectivity index (χ0) is 16.2. The molecule has 0 saturated heterocycles. The monoisotopic (exact) mass is 304 g/mol. The Kier molecular flexibility index (Phi) is 5.90. The van der Waals surface area contributed by atoms with Crippen molar-refractivity contribution in [1.29, 1.82) is 0 Å². The van der Waals surface area contributed by atoms with Crippen molar-refractivity contribution >= 4 is 5.97 Å². The Balaban J connectivity index is 3.04. The van der Waals surface area contributed by atoms with Gasteiger partial charge in [-0.2, -0.15) is 8.78 Å². The SMILES string of the molecule is COc1ccc(C(O)C(C)C(C)C(=O)O)cc1OC(F)F. The number of aliphatic hydroxyl groups excluding tert-OH is 1. The predicted molar refractivity (Wildman–Crippen MR) is 70.5 cm³/mol. The zero-order valence-electron chi connectivity index (χ0n) is 11.9. The highest BCUT2D eigenvalue weighted by atomic mass is 19.3. The second-order valence-electron chi connectivity index (χ2n) is 4.72. The summed E-state index contributed by atoms with van der Waals surface area (Å²) in [5.74, 6) is -2.54. The number of benzene rings is 1. The summed E-state index contributed by atoms with van der Waals surface area (Å²) < 4.78 is 33.9. The first-order valence-corrected chi connectivity index (χ1v) is 6.31. The molecule has 0 radical (unpaired) electrons. The summed E-state index contributed by atoms with van der Waals surface area (Å²) in [5.41, 5.74) is 0.284. The lowest BCUT2D eigenvalue weighted by atomic mass is 9.87. The summed E-state index contributed by atoms with van der Waals surface area (Å²) in [4.78, 5) is 10.9. The number of carboxylic acid groups (broad SMARTS) is 1. The maximum atomic E-state index is 12.3. The number of methoxy groups -OCH3 is 1. The number of aliphatic hydroxyl groups is 1. The van der Waals surface area contributed by atoms with Crippen molar-refractivity contribution < 1.29 is 33.3 Å². The van der Waals surface area contributed by atoms with Crippen molar-refractivity contribution in [3.8, 4) is 11.5 Å². The van der Waals surface area contributed by atoms with E-state index in [1.54, 1.807) is 6.92 Å². The third kappa shape index (κ3) is 4.29. The van der Waals surface area contributed by atoms with E-state index in [0.717, 1.165) is 0 Å². The minimum atomic E-state index is -3.03. The zero-order valence-corrected chi connectivity index (χ0v) is 11.9. The van der Waals surface area contributed by atoms with Crippen molar-refractivity contribution in [2.45, 2.75) is 26.6 Å². The van der Waals surface area contributed by atoms with Crippen LogP contribution in [0.15, 0.2) is 18.2 Å². The first kappa shape index (κ1) is 17.2. The second-order valence-corrected chi connectivity index (χ2v) is 4.72. The van der Waals surface area contributed by atoms with E-state index in [9.17, 15) is 18.7 Å². The molecule has 0 aromatic heterocycles. The lowest BCUT2D eigenvalue weighted by Crippen LogP contribution is -2.24. The van der Waals surface area contributed by atoms with Crippen LogP contribution >= 0.6 is 0 Å². The molecule has 3 unspecified atom stereocenters. The number of alkyl halides is 2. The van der Waals surface area contributed by atoms with Gasteiger partial charge in [0.1, 0.15) is 0 Å². The van der Waals surface area contributed by atoms with E-state index in [4.69, 9.17) is 9.84 Å². The Morgan fingerprint density at radius 2 is 1.86 bits per heavy atom. The van der Waals surface area contributed by atoms with Gasteiger partial charge < -0.3 is 19.7 Å². The molecule has 0 saturated carbocycles. The molecule has 1 aromatic rings. The molecule has 7 heteroatoms. The van der Waals surface area contributed by atoms with E-state index < -0.39 is 30.5 Å². The van der Waals surface area contributed by atoms with E-state index in [0.29, 0.717) is 0 Å². The van der Waals surface area contributed by atoms with Gasteiger partial charge in [0, 0.05) is 0 Å². The van der Waals surface area contributed by atoms with Crippen LogP contribution in [0.1, 0.15) is 25.5 Å². The number of rotatable bonds is 7. The van der Waals surface area contributed by atoms with E-state index >= 15 is 0 Å². The normalized spacial score (nSPS) is 15.4. The molecule has 5 nitrogen and oxygen atoms in total. The predicted octanol–water partition coefficient (Wildman–Crippen LogP) is 2.69. The van der Waals surface area contributed by atoms with E-state index in [1.165, 1.54) is 32.2 Å². The number of ether oxygens (including phenoxy) is 2. The molecule has 1 rings (SSSR count). The number of hydrogen-bond acceptors (Lipinski definition) is 4. The molecule has 118 valence electrons. The highest BCUT2D eigenvalue weighted by molar-refractivity contribution is 5.70. The van der Waals surface area contributed by atoms with Crippen LogP contribution in [0, 0.1) is 11.8 Å². The molecular weight excluding hydrogens is 286 g/mol. The molecule has 0 spiro atoms. The Bertz CT molecular complexity index is 492. The van der Waals surface area contributed by atoms with Crippen LogP contribution in [0.3, 0.4) is 0 Å². The molecular formula is C14H18F2O5. The third-order valence-electron chi connectivity index (χ3n) is 3.42. The van der Waals surface area contributed by atoms with Gasteiger partial charge in [-0.25, -0.2) is 0 Å². The van der Waals surface area contributed by atoms with Gasteiger partial charge in [0.2, 0.25) is 0 Å². The Hall–Kier alpha value is -1.89. The number of carboxylic acids is 1. The van der Waals surface area contributed by atoms with Crippen LogP contribution in [0.2, 0.25) is 0 Å². The highest BCUT2D eigenvalue weighted by Crippen LogP contribution is 2.35. The van der Waals surface area contributed by atoms with Crippen molar-refractivity contribution in [2.75, 3.05) is 7.11 Å². The minimum absolute atomic E-state index is 0.102. The van der Waals surface area contributed by atoms with Crippen LogP contribution in [0.4, 0.5) is 8.78 Å². The minimum Gasteiger partial charge on any atom is -0.493 e. The van der Waals surface area contributed by atoms with Crippen molar-refractivity contribution in [3.05, 3.63) is 23.8 Å². The fraction of sp³-hybridized carbons (Fsp3) is 0.500. The van der Waals surface area contributed by atoms with Crippen LogP contribution in [0.25, 0.3) is 0 Å². The molecule has 3 atom stereocenters. The van der Waals surface area contributed by atoms with Gasteiger partial charge >= 0.3 is 12.6 Å². The number of halogens is 2. The quantitative estimate of drug-likeness (QED) is 0.810. The number of aliphatic carboxylic acids is 1. The summed E-state index contributed by atoms with van der Waals surface area (Å²) >= 11 is 0.